The van der Waals surface area contributed by atoms with Crippen molar-refractivity contribution in [2.24, 2.45) is 0 Å². The molecule has 0 aliphatic rings. The van der Waals surface area contributed by atoms with Gasteiger partial charge in [-0.2, -0.15) is 0 Å². The number of anilines is 2. The van der Waals surface area contributed by atoms with E-state index in [1.165, 1.54) is 33.3 Å². The molecule has 0 saturated carbocycles. The summed E-state index contributed by atoms with van der Waals surface area (Å²) in [5, 5.41) is 3.03. The molecule has 0 aliphatic heterocycles. The number of hydrogen-bond donors (Lipinski definition) is 1. The summed E-state index contributed by atoms with van der Waals surface area (Å²) in [4.78, 5) is 12.9. The number of benzene rings is 2. The van der Waals surface area contributed by atoms with Crippen LogP contribution in [-0.2, 0) is 14.8 Å². The number of hydrogen-bond acceptors (Lipinski definition) is 5. The fraction of sp³-hybridized carbons (Fsp3) is 0.350. The first-order chi connectivity index (χ1) is 13.5. The molecule has 1 atom stereocenters. The minimum Gasteiger partial charge on any atom is -0.495 e. The van der Waals surface area contributed by atoms with Crippen LogP contribution in [0.3, 0.4) is 0 Å². The molecule has 9 heteroatoms. The van der Waals surface area contributed by atoms with Crippen molar-refractivity contribution in [2.45, 2.75) is 26.8 Å². The standard InChI is InChI=1S/C20H25ClN2O5S/c1-12-7-13(2)9-15(8-12)23(29(6,25)26)14(3)20(24)22-17-11-18(27-4)16(21)10-19(17)28-5/h7-11,14H,1-6H3,(H,22,24)/t14-/m1/s1. The molecule has 0 spiro atoms. The highest BCUT2D eigenvalue weighted by atomic mass is 35.5. The molecule has 158 valence electrons. The smallest absolute Gasteiger partial charge is 0.248 e. The molecule has 2 aromatic rings. The van der Waals surface area contributed by atoms with Crippen LogP contribution in [0.15, 0.2) is 30.3 Å². The number of sulfonamides is 1. The van der Waals surface area contributed by atoms with Crippen LogP contribution in [0.2, 0.25) is 5.02 Å². The summed E-state index contributed by atoms with van der Waals surface area (Å²) in [5.41, 5.74) is 2.53. The average Bonchev–Trinajstić information content (AvgIpc) is 2.60. The molecule has 0 fully saturated rings. The highest BCUT2D eigenvalue weighted by Crippen LogP contribution is 2.36. The van der Waals surface area contributed by atoms with Gasteiger partial charge in [-0.15, -0.1) is 0 Å². The van der Waals surface area contributed by atoms with E-state index in [2.05, 4.69) is 5.32 Å². The second kappa shape index (κ2) is 8.92. The Morgan fingerprint density at radius 1 is 1.03 bits per heavy atom. The SMILES string of the molecule is COc1cc(NC(=O)[C@@H](C)N(c2cc(C)cc(C)c2)S(C)(=O)=O)c(OC)cc1Cl. The molecule has 0 aliphatic carbocycles. The molecule has 1 amide bonds. The zero-order chi connectivity index (χ0) is 21.9. The number of carbonyl (C=O) groups is 1. The lowest BCUT2D eigenvalue weighted by Gasteiger charge is -2.29. The molecule has 2 rings (SSSR count). The topological polar surface area (TPSA) is 84.9 Å². The number of amides is 1. The minimum atomic E-state index is -3.73. The normalized spacial score (nSPS) is 12.2. The van der Waals surface area contributed by atoms with E-state index in [1.54, 1.807) is 12.1 Å². The van der Waals surface area contributed by atoms with E-state index in [1.807, 2.05) is 19.9 Å². The summed E-state index contributed by atoms with van der Waals surface area (Å²) in [5.74, 6) is 0.149. The zero-order valence-electron chi connectivity index (χ0n) is 17.2. The number of ether oxygens (including phenoxy) is 2. The van der Waals surface area contributed by atoms with Crippen LogP contribution in [0.25, 0.3) is 0 Å². The van der Waals surface area contributed by atoms with Gasteiger partial charge in [-0.3, -0.25) is 9.10 Å². The maximum Gasteiger partial charge on any atom is 0.248 e. The van der Waals surface area contributed by atoms with Crippen LogP contribution in [-0.4, -0.2) is 40.8 Å². The predicted octanol–water partition coefficient (Wildman–Crippen LogP) is 3.77. The van der Waals surface area contributed by atoms with Crippen LogP contribution in [0, 0.1) is 13.8 Å². The summed E-state index contributed by atoms with van der Waals surface area (Å²) in [6.07, 6.45) is 1.07. The molecule has 0 bridgehead atoms. The lowest BCUT2D eigenvalue weighted by Crippen LogP contribution is -2.45. The third kappa shape index (κ3) is 5.33. The van der Waals surface area contributed by atoms with Gasteiger partial charge in [-0.05, 0) is 44.0 Å². The van der Waals surface area contributed by atoms with Crippen molar-refractivity contribution in [1.29, 1.82) is 0 Å². The van der Waals surface area contributed by atoms with E-state index >= 15 is 0 Å². The van der Waals surface area contributed by atoms with Crippen molar-refractivity contribution in [3.05, 3.63) is 46.5 Å². The molecule has 0 saturated heterocycles. The fourth-order valence-corrected chi connectivity index (χ4v) is 4.47. The predicted molar refractivity (Wildman–Crippen MR) is 116 cm³/mol. The molecule has 0 aromatic heterocycles. The van der Waals surface area contributed by atoms with Crippen molar-refractivity contribution >= 4 is 38.9 Å². The second-order valence-corrected chi connectivity index (χ2v) is 9.02. The van der Waals surface area contributed by atoms with Gasteiger partial charge in [0.2, 0.25) is 15.9 Å². The molecule has 0 unspecified atom stereocenters. The molecular weight excluding hydrogens is 416 g/mol. The lowest BCUT2D eigenvalue weighted by molar-refractivity contribution is -0.116. The number of methoxy groups -OCH3 is 2. The maximum absolute atomic E-state index is 12.9. The van der Waals surface area contributed by atoms with E-state index in [0.717, 1.165) is 21.7 Å². The van der Waals surface area contributed by atoms with Gasteiger partial charge >= 0.3 is 0 Å². The van der Waals surface area contributed by atoms with Crippen molar-refractivity contribution in [3.8, 4) is 11.5 Å². The van der Waals surface area contributed by atoms with Crippen molar-refractivity contribution in [2.75, 3.05) is 30.1 Å². The van der Waals surface area contributed by atoms with E-state index in [0.29, 0.717) is 27.9 Å². The Morgan fingerprint density at radius 2 is 1.59 bits per heavy atom. The van der Waals surface area contributed by atoms with E-state index in [4.69, 9.17) is 21.1 Å². The average molecular weight is 441 g/mol. The molecule has 29 heavy (non-hydrogen) atoms. The van der Waals surface area contributed by atoms with E-state index in [9.17, 15) is 13.2 Å². The highest BCUT2D eigenvalue weighted by molar-refractivity contribution is 7.92. The molecule has 1 N–H and O–H groups in total. The van der Waals surface area contributed by atoms with E-state index < -0.39 is 22.0 Å². The van der Waals surface area contributed by atoms with Crippen LogP contribution >= 0.6 is 11.6 Å². The van der Waals surface area contributed by atoms with Gasteiger partial charge in [0.1, 0.15) is 17.5 Å². The minimum absolute atomic E-state index is 0.319. The summed E-state index contributed by atoms with van der Waals surface area (Å²) >= 11 is 6.09. The van der Waals surface area contributed by atoms with Crippen LogP contribution < -0.4 is 19.1 Å². The summed E-state index contributed by atoms with van der Waals surface area (Å²) in [6, 6.07) is 7.40. The van der Waals surface area contributed by atoms with Crippen LogP contribution in [0.5, 0.6) is 11.5 Å². The largest absolute Gasteiger partial charge is 0.495 e. The van der Waals surface area contributed by atoms with Gasteiger partial charge < -0.3 is 14.8 Å². The molecule has 2 aromatic carbocycles. The number of nitrogens with zero attached hydrogens (tertiary/aromatic N) is 1. The summed E-state index contributed by atoms with van der Waals surface area (Å²) < 4.78 is 36.6. The third-order valence-electron chi connectivity index (χ3n) is 4.28. The van der Waals surface area contributed by atoms with Crippen LogP contribution in [0.4, 0.5) is 11.4 Å². The highest BCUT2D eigenvalue weighted by Gasteiger charge is 2.30. The van der Waals surface area contributed by atoms with Crippen molar-refractivity contribution in [3.63, 3.8) is 0 Å². The summed E-state index contributed by atoms with van der Waals surface area (Å²) in [7, 11) is -0.836. The molecule has 0 radical (unpaired) electrons. The Kier molecular flexibility index (Phi) is 7.02. The first kappa shape index (κ1) is 22.8. The molecule has 0 heterocycles. The Balaban J connectivity index is 2.43. The Bertz CT molecular complexity index is 1000. The van der Waals surface area contributed by atoms with Gasteiger partial charge in [-0.1, -0.05) is 17.7 Å². The fourth-order valence-electron chi connectivity index (χ4n) is 3.08. The van der Waals surface area contributed by atoms with Gasteiger partial charge in [0, 0.05) is 12.1 Å². The van der Waals surface area contributed by atoms with E-state index in [-0.39, 0.29) is 0 Å². The Morgan fingerprint density at radius 3 is 2.07 bits per heavy atom. The quantitative estimate of drug-likeness (QED) is 0.708. The second-order valence-electron chi connectivity index (χ2n) is 6.76. The maximum atomic E-state index is 12.9. The zero-order valence-corrected chi connectivity index (χ0v) is 18.8. The number of halogens is 1. The van der Waals surface area contributed by atoms with Gasteiger partial charge in [0.15, 0.2) is 0 Å². The number of nitrogens with one attached hydrogen (secondary N) is 1. The molecule has 7 nitrogen and oxygen atoms in total. The Hall–Kier alpha value is -2.45. The first-order valence-corrected chi connectivity index (χ1v) is 11.0. The number of rotatable bonds is 7. The van der Waals surface area contributed by atoms with Crippen molar-refractivity contribution < 1.29 is 22.7 Å². The monoisotopic (exact) mass is 440 g/mol. The third-order valence-corrected chi connectivity index (χ3v) is 5.82. The van der Waals surface area contributed by atoms with Gasteiger partial charge in [-0.25, -0.2) is 8.42 Å². The van der Waals surface area contributed by atoms with Gasteiger partial charge in [0.05, 0.1) is 36.9 Å². The molecular formula is C20H25ClN2O5S. The van der Waals surface area contributed by atoms with Crippen molar-refractivity contribution in [1.82, 2.24) is 0 Å². The number of carbonyl (C=O) groups excluding carboxylic acids is 1. The van der Waals surface area contributed by atoms with Gasteiger partial charge in [0.25, 0.3) is 0 Å². The van der Waals surface area contributed by atoms with Crippen LogP contribution in [0.1, 0.15) is 18.1 Å². The Labute approximate surface area is 176 Å². The summed E-state index contributed by atoms with van der Waals surface area (Å²) in [6.45, 7) is 5.26. The first-order valence-electron chi connectivity index (χ1n) is 8.78. The number of aryl methyl sites for hydroxylation is 2. The lowest BCUT2D eigenvalue weighted by atomic mass is 10.1.